The Kier molecular flexibility index (Phi) is 4.41. The third-order valence-electron chi connectivity index (χ3n) is 3.41. The predicted molar refractivity (Wildman–Crippen MR) is 71.8 cm³/mol. The van der Waals surface area contributed by atoms with Crippen LogP contribution in [0.4, 0.5) is 23.7 Å². The van der Waals surface area contributed by atoms with Crippen LogP contribution in [0.25, 0.3) is 0 Å². The first kappa shape index (κ1) is 15.6. The van der Waals surface area contributed by atoms with E-state index >= 15 is 0 Å². The van der Waals surface area contributed by atoms with Gasteiger partial charge in [-0.1, -0.05) is 6.07 Å². The van der Waals surface area contributed by atoms with Gasteiger partial charge < -0.3 is 15.3 Å². The van der Waals surface area contributed by atoms with Crippen LogP contribution in [0.3, 0.4) is 0 Å². The molecular formula is C14H17F3N2O2. The molecule has 0 heterocycles. The van der Waals surface area contributed by atoms with Crippen molar-refractivity contribution in [2.45, 2.75) is 25.1 Å². The van der Waals surface area contributed by atoms with Crippen molar-refractivity contribution < 1.29 is 23.1 Å². The molecule has 1 aromatic carbocycles. The quantitative estimate of drug-likeness (QED) is 0.898. The molecule has 1 aliphatic carbocycles. The number of rotatable bonds is 4. The molecule has 1 atom stereocenters. The number of carbonyl (C=O) groups is 1. The Labute approximate surface area is 120 Å². The Bertz CT molecular complexity index is 515. The van der Waals surface area contributed by atoms with Gasteiger partial charge in [-0.05, 0) is 37.0 Å². The van der Waals surface area contributed by atoms with Gasteiger partial charge in [-0.25, -0.2) is 4.79 Å². The molecule has 116 valence electrons. The van der Waals surface area contributed by atoms with E-state index < -0.39 is 23.9 Å². The van der Waals surface area contributed by atoms with E-state index in [4.69, 9.17) is 0 Å². The molecule has 0 radical (unpaired) electrons. The van der Waals surface area contributed by atoms with Crippen molar-refractivity contribution >= 4 is 11.7 Å². The summed E-state index contributed by atoms with van der Waals surface area (Å²) < 4.78 is 37.7. The summed E-state index contributed by atoms with van der Waals surface area (Å²) in [5.74, 6) is 0.230. The third-order valence-corrected chi connectivity index (χ3v) is 3.41. The standard InChI is InChI=1S/C14H17F3N2O2/c1-19(8-12(20)9-5-6-9)13(21)18-11-4-2-3-10(7-11)14(15,16)17/h2-4,7,9,12,20H,5-6,8H2,1H3,(H,18,21). The van der Waals surface area contributed by atoms with Gasteiger partial charge in [0.25, 0.3) is 0 Å². The minimum Gasteiger partial charge on any atom is -0.391 e. The number of aliphatic hydroxyl groups is 1. The van der Waals surface area contributed by atoms with Gasteiger partial charge in [0.15, 0.2) is 0 Å². The largest absolute Gasteiger partial charge is 0.416 e. The molecule has 7 heteroatoms. The average molecular weight is 302 g/mol. The van der Waals surface area contributed by atoms with Gasteiger partial charge in [0, 0.05) is 19.3 Å². The first-order valence-corrected chi connectivity index (χ1v) is 6.65. The summed E-state index contributed by atoms with van der Waals surface area (Å²) in [4.78, 5) is 13.1. The first-order valence-electron chi connectivity index (χ1n) is 6.65. The van der Waals surface area contributed by atoms with Gasteiger partial charge >= 0.3 is 12.2 Å². The Morgan fingerprint density at radius 2 is 2.14 bits per heavy atom. The summed E-state index contributed by atoms with van der Waals surface area (Å²) in [6, 6.07) is 3.89. The number of urea groups is 1. The number of anilines is 1. The van der Waals surface area contributed by atoms with Crippen molar-refractivity contribution in [2.75, 3.05) is 18.9 Å². The van der Waals surface area contributed by atoms with E-state index in [1.165, 1.54) is 24.1 Å². The van der Waals surface area contributed by atoms with Crippen LogP contribution in [0, 0.1) is 5.92 Å². The van der Waals surface area contributed by atoms with E-state index in [0.717, 1.165) is 25.0 Å². The lowest BCUT2D eigenvalue weighted by Crippen LogP contribution is -2.38. The van der Waals surface area contributed by atoms with Gasteiger partial charge in [-0.2, -0.15) is 13.2 Å². The van der Waals surface area contributed by atoms with Crippen LogP contribution >= 0.6 is 0 Å². The molecule has 2 N–H and O–H groups in total. The van der Waals surface area contributed by atoms with Gasteiger partial charge in [-0.15, -0.1) is 0 Å². The number of nitrogens with one attached hydrogen (secondary N) is 1. The molecule has 0 aliphatic heterocycles. The highest BCUT2D eigenvalue weighted by atomic mass is 19.4. The molecule has 21 heavy (non-hydrogen) atoms. The van der Waals surface area contributed by atoms with Crippen LogP contribution < -0.4 is 5.32 Å². The predicted octanol–water partition coefficient (Wildman–Crippen LogP) is 2.94. The highest BCUT2D eigenvalue weighted by molar-refractivity contribution is 5.89. The van der Waals surface area contributed by atoms with Crippen molar-refractivity contribution in [3.63, 3.8) is 0 Å². The normalized spacial score (nSPS) is 16.4. The molecular weight excluding hydrogens is 285 g/mol. The molecule has 1 fully saturated rings. The number of halogens is 3. The van der Waals surface area contributed by atoms with E-state index in [9.17, 15) is 23.1 Å². The fraction of sp³-hybridized carbons (Fsp3) is 0.500. The molecule has 1 aliphatic rings. The van der Waals surface area contributed by atoms with Gasteiger partial charge in [0.05, 0.1) is 11.7 Å². The van der Waals surface area contributed by atoms with Crippen molar-refractivity contribution in [2.24, 2.45) is 5.92 Å². The molecule has 2 rings (SSSR count). The zero-order chi connectivity index (χ0) is 15.6. The molecule has 0 aromatic heterocycles. The van der Waals surface area contributed by atoms with Crippen molar-refractivity contribution in [1.29, 1.82) is 0 Å². The topological polar surface area (TPSA) is 52.6 Å². The zero-order valence-electron chi connectivity index (χ0n) is 11.5. The minimum absolute atomic E-state index is 0.0718. The van der Waals surface area contributed by atoms with Gasteiger partial charge in [-0.3, -0.25) is 0 Å². The van der Waals surface area contributed by atoms with Crippen LogP contribution in [-0.4, -0.2) is 35.7 Å². The Morgan fingerprint density at radius 3 is 2.71 bits per heavy atom. The SMILES string of the molecule is CN(CC(O)C1CC1)C(=O)Nc1cccc(C(F)(F)F)c1. The lowest BCUT2D eigenvalue weighted by Gasteiger charge is -2.21. The van der Waals surface area contributed by atoms with E-state index in [0.29, 0.717) is 0 Å². The van der Waals surface area contributed by atoms with E-state index in [-0.39, 0.29) is 18.2 Å². The average Bonchev–Trinajstić information content (AvgIpc) is 3.22. The van der Waals surface area contributed by atoms with E-state index in [1.54, 1.807) is 0 Å². The lowest BCUT2D eigenvalue weighted by molar-refractivity contribution is -0.137. The minimum atomic E-state index is -4.45. The van der Waals surface area contributed by atoms with Crippen LogP contribution in [0.15, 0.2) is 24.3 Å². The van der Waals surface area contributed by atoms with Crippen molar-refractivity contribution in [3.8, 4) is 0 Å². The third kappa shape index (κ3) is 4.35. The van der Waals surface area contributed by atoms with Crippen LogP contribution in [-0.2, 0) is 6.18 Å². The van der Waals surface area contributed by atoms with Gasteiger partial charge in [0.1, 0.15) is 0 Å². The molecule has 0 saturated heterocycles. The summed E-state index contributed by atoms with van der Waals surface area (Å²) in [6.45, 7) is 0.162. The number of hydrogen-bond donors (Lipinski definition) is 2. The monoisotopic (exact) mass is 302 g/mol. The second-order valence-corrected chi connectivity index (χ2v) is 5.29. The number of amides is 2. The highest BCUT2D eigenvalue weighted by Gasteiger charge is 2.32. The second-order valence-electron chi connectivity index (χ2n) is 5.29. The summed E-state index contributed by atoms with van der Waals surface area (Å²) >= 11 is 0. The van der Waals surface area contributed by atoms with Crippen LogP contribution in [0.2, 0.25) is 0 Å². The number of alkyl halides is 3. The lowest BCUT2D eigenvalue weighted by atomic mass is 10.2. The number of carbonyl (C=O) groups excluding carboxylic acids is 1. The smallest absolute Gasteiger partial charge is 0.391 e. The first-order chi connectivity index (χ1) is 9.77. The van der Waals surface area contributed by atoms with E-state index in [1.807, 2.05) is 0 Å². The van der Waals surface area contributed by atoms with Crippen molar-refractivity contribution in [1.82, 2.24) is 4.90 Å². The number of nitrogens with zero attached hydrogens (tertiary/aromatic N) is 1. The molecule has 1 saturated carbocycles. The number of aliphatic hydroxyl groups excluding tert-OH is 1. The maximum absolute atomic E-state index is 12.6. The maximum Gasteiger partial charge on any atom is 0.416 e. The number of likely N-dealkylation sites (N-methyl/N-ethyl adjacent to an activating group) is 1. The number of hydrogen-bond acceptors (Lipinski definition) is 2. The maximum atomic E-state index is 12.6. The van der Waals surface area contributed by atoms with Crippen LogP contribution in [0.5, 0.6) is 0 Å². The Hall–Kier alpha value is -1.76. The molecule has 1 aromatic rings. The van der Waals surface area contributed by atoms with Crippen LogP contribution in [0.1, 0.15) is 18.4 Å². The molecule has 1 unspecified atom stereocenters. The molecule has 0 spiro atoms. The summed E-state index contributed by atoms with van der Waals surface area (Å²) in [6.07, 6.45) is -3.13. The molecule has 4 nitrogen and oxygen atoms in total. The van der Waals surface area contributed by atoms with Gasteiger partial charge in [0.2, 0.25) is 0 Å². The Morgan fingerprint density at radius 1 is 1.48 bits per heavy atom. The Balaban J connectivity index is 1.95. The molecule has 0 bridgehead atoms. The molecule has 2 amide bonds. The van der Waals surface area contributed by atoms with Crippen molar-refractivity contribution in [3.05, 3.63) is 29.8 Å². The summed E-state index contributed by atoms with van der Waals surface area (Å²) in [5, 5.41) is 12.1. The number of benzene rings is 1. The van der Waals surface area contributed by atoms with E-state index in [2.05, 4.69) is 5.32 Å². The summed E-state index contributed by atoms with van der Waals surface area (Å²) in [7, 11) is 1.49. The second kappa shape index (κ2) is 5.93. The zero-order valence-corrected chi connectivity index (χ0v) is 11.5. The fourth-order valence-corrected chi connectivity index (χ4v) is 1.99. The highest BCUT2D eigenvalue weighted by Crippen LogP contribution is 2.33. The fourth-order valence-electron chi connectivity index (χ4n) is 1.99. The summed E-state index contributed by atoms with van der Waals surface area (Å²) in [5.41, 5.74) is -0.747.